The lowest BCUT2D eigenvalue weighted by Gasteiger charge is -2.24. The maximum Gasteiger partial charge on any atom is 0.377 e. The number of ketones is 1. The van der Waals surface area contributed by atoms with Crippen LogP contribution >= 0.6 is 0 Å². The lowest BCUT2D eigenvalue weighted by molar-refractivity contribution is -0.171. The summed E-state index contributed by atoms with van der Waals surface area (Å²) in [6.07, 6.45) is 1.65. The van der Waals surface area contributed by atoms with Gasteiger partial charge in [0.05, 0.1) is 6.61 Å². The van der Waals surface area contributed by atoms with Gasteiger partial charge in [-0.15, -0.1) is 0 Å². The van der Waals surface area contributed by atoms with E-state index in [2.05, 4.69) is 11.3 Å². The minimum absolute atomic E-state index is 0.0585. The van der Waals surface area contributed by atoms with Gasteiger partial charge in [0.25, 0.3) is 0 Å². The van der Waals surface area contributed by atoms with Crippen molar-refractivity contribution in [2.75, 3.05) is 6.61 Å². The summed E-state index contributed by atoms with van der Waals surface area (Å²) < 4.78 is 31.4. The van der Waals surface area contributed by atoms with Gasteiger partial charge in [-0.1, -0.05) is 18.2 Å². The van der Waals surface area contributed by atoms with Gasteiger partial charge in [0, 0.05) is 12.8 Å². The van der Waals surface area contributed by atoms with E-state index in [9.17, 15) is 18.4 Å². The zero-order chi connectivity index (χ0) is 14.6. The number of allylic oxidation sites excluding steroid dienone is 3. The third kappa shape index (κ3) is 3.98. The summed E-state index contributed by atoms with van der Waals surface area (Å²) >= 11 is 0. The summed E-state index contributed by atoms with van der Waals surface area (Å²) in [5, 5.41) is 0. The van der Waals surface area contributed by atoms with Crippen molar-refractivity contribution >= 4 is 11.8 Å². The van der Waals surface area contributed by atoms with Crippen molar-refractivity contribution in [1.29, 1.82) is 0 Å². The molecule has 0 spiro atoms. The van der Waals surface area contributed by atoms with E-state index < -0.39 is 18.3 Å². The Balaban J connectivity index is 2.65. The van der Waals surface area contributed by atoms with Crippen LogP contribution in [0, 0.1) is 5.92 Å². The van der Waals surface area contributed by atoms with Gasteiger partial charge >= 0.3 is 11.9 Å². The third-order valence-electron chi connectivity index (χ3n) is 3.18. The first-order valence-electron chi connectivity index (χ1n) is 6.20. The molecule has 0 aromatic carbocycles. The minimum atomic E-state index is -3.58. The fraction of sp³-hybridized carbons (Fsp3) is 0.571. The predicted octanol–water partition coefficient (Wildman–Crippen LogP) is 3.06. The van der Waals surface area contributed by atoms with Gasteiger partial charge < -0.3 is 4.74 Å². The minimum Gasteiger partial charge on any atom is -0.462 e. The molecule has 0 fully saturated rings. The summed E-state index contributed by atoms with van der Waals surface area (Å²) in [4.78, 5) is 22.6. The molecule has 3 nitrogen and oxygen atoms in total. The first-order chi connectivity index (χ1) is 8.77. The van der Waals surface area contributed by atoms with Crippen LogP contribution in [0.15, 0.2) is 23.8 Å². The van der Waals surface area contributed by atoms with E-state index in [1.54, 1.807) is 13.0 Å². The largest absolute Gasteiger partial charge is 0.462 e. The van der Waals surface area contributed by atoms with Crippen LogP contribution in [-0.4, -0.2) is 24.3 Å². The van der Waals surface area contributed by atoms with Gasteiger partial charge in [0.15, 0.2) is 5.78 Å². The normalized spacial score (nSPS) is 19.9. The van der Waals surface area contributed by atoms with Gasteiger partial charge in [0.1, 0.15) is 0 Å². The van der Waals surface area contributed by atoms with Gasteiger partial charge in [-0.2, -0.15) is 8.78 Å². The van der Waals surface area contributed by atoms with Crippen molar-refractivity contribution < 1.29 is 23.1 Å². The van der Waals surface area contributed by atoms with Gasteiger partial charge in [-0.3, -0.25) is 4.79 Å². The van der Waals surface area contributed by atoms with Crippen LogP contribution < -0.4 is 0 Å². The second kappa shape index (κ2) is 6.08. The number of carbonyl (C=O) groups excluding carboxylic acids is 2. The Morgan fingerprint density at radius 3 is 2.74 bits per heavy atom. The molecule has 0 saturated carbocycles. The summed E-state index contributed by atoms with van der Waals surface area (Å²) in [7, 11) is 0. The Morgan fingerprint density at radius 2 is 2.21 bits per heavy atom. The van der Waals surface area contributed by atoms with Gasteiger partial charge in [-0.25, -0.2) is 4.79 Å². The monoisotopic (exact) mass is 272 g/mol. The molecule has 0 N–H and O–H groups in total. The van der Waals surface area contributed by atoms with Crippen LogP contribution in [0.1, 0.15) is 33.1 Å². The van der Waals surface area contributed by atoms with E-state index >= 15 is 0 Å². The highest BCUT2D eigenvalue weighted by atomic mass is 19.3. The van der Waals surface area contributed by atoms with Crippen LogP contribution in [0.4, 0.5) is 8.78 Å². The summed E-state index contributed by atoms with van der Waals surface area (Å²) in [6.45, 7) is 6.68. The Morgan fingerprint density at radius 1 is 1.58 bits per heavy atom. The maximum atomic E-state index is 13.5. The Kier molecular flexibility index (Phi) is 4.97. The van der Waals surface area contributed by atoms with Crippen molar-refractivity contribution in [3.8, 4) is 0 Å². The molecule has 0 radical (unpaired) electrons. The zero-order valence-electron chi connectivity index (χ0n) is 11.2. The van der Waals surface area contributed by atoms with Crippen molar-refractivity contribution in [2.45, 2.75) is 39.0 Å². The molecule has 5 heteroatoms. The van der Waals surface area contributed by atoms with E-state index in [4.69, 9.17) is 0 Å². The number of carbonyl (C=O) groups is 2. The molecule has 19 heavy (non-hydrogen) atoms. The standard InChI is InChI=1S/C14H18F2O3/c1-4-19-13(18)14(15,16)8-10(3)11-6-5-9(2)12(17)7-11/h5,11H,3-4,6-8H2,1-2H3. The number of Topliss-reactive ketones (excluding diaryl/α,β-unsaturated/α-hetero) is 1. The molecule has 1 rings (SSSR count). The Hall–Kier alpha value is -1.52. The smallest absolute Gasteiger partial charge is 0.377 e. The van der Waals surface area contributed by atoms with Gasteiger partial charge in [0.2, 0.25) is 0 Å². The highest BCUT2D eigenvalue weighted by Crippen LogP contribution is 2.33. The van der Waals surface area contributed by atoms with Crippen molar-refractivity contribution in [1.82, 2.24) is 0 Å². The third-order valence-corrected chi connectivity index (χ3v) is 3.18. The van der Waals surface area contributed by atoms with E-state index in [0.717, 1.165) is 0 Å². The van der Waals surface area contributed by atoms with E-state index in [1.165, 1.54) is 6.92 Å². The van der Waals surface area contributed by atoms with E-state index in [-0.39, 0.29) is 30.3 Å². The molecular formula is C14H18F2O3. The molecule has 0 aromatic rings. The molecular weight excluding hydrogens is 254 g/mol. The number of rotatable bonds is 5. The molecule has 0 amide bonds. The number of alkyl halides is 2. The molecule has 0 aliphatic heterocycles. The molecule has 1 aliphatic rings. The number of hydrogen-bond acceptors (Lipinski definition) is 3. The molecule has 1 unspecified atom stereocenters. The molecule has 1 aliphatic carbocycles. The van der Waals surface area contributed by atoms with Crippen LogP contribution in [0.3, 0.4) is 0 Å². The Labute approximate surface area is 111 Å². The van der Waals surface area contributed by atoms with Crippen LogP contribution in [-0.2, 0) is 14.3 Å². The predicted molar refractivity (Wildman–Crippen MR) is 66.8 cm³/mol. The fourth-order valence-corrected chi connectivity index (χ4v) is 1.95. The molecule has 0 aromatic heterocycles. The van der Waals surface area contributed by atoms with Crippen LogP contribution in [0.25, 0.3) is 0 Å². The highest BCUT2D eigenvalue weighted by molar-refractivity contribution is 5.95. The second-order valence-corrected chi connectivity index (χ2v) is 4.71. The van der Waals surface area contributed by atoms with E-state index in [1.807, 2.05) is 0 Å². The fourth-order valence-electron chi connectivity index (χ4n) is 1.95. The summed E-state index contributed by atoms with van der Waals surface area (Å²) in [6, 6.07) is 0. The lowest BCUT2D eigenvalue weighted by Crippen LogP contribution is -2.32. The first-order valence-corrected chi connectivity index (χ1v) is 6.20. The average molecular weight is 272 g/mol. The lowest BCUT2D eigenvalue weighted by atomic mass is 9.82. The molecule has 106 valence electrons. The zero-order valence-corrected chi connectivity index (χ0v) is 11.2. The molecule has 0 saturated heterocycles. The number of esters is 1. The van der Waals surface area contributed by atoms with Crippen LogP contribution in [0.2, 0.25) is 0 Å². The highest BCUT2D eigenvalue weighted by Gasteiger charge is 2.42. The molecule has 1 atom stereocenters. The van der Waals surface area contributed by atoms with Crippen molar-refractivity contribution in [3.63, 3.8) is 0 Å². The van der Waals surface area contributed by atoms with Crippen molar-refractivity contribution in [2.24, 2.45) is 5.92 Å². The SMILES string of the molecule is C=C(CC(F)(F)C(=O)OCC)C1CC=C(C)C(=O)C1. The summed E-state index contributed by atoms with van der Waals surface area (Å²) in [5.74, 6) is -5.50. The number of ether oxygens (including phenoxy) is 1. The Bertz CT molecular complexity index is 424. The number of hydrogen-bond donors (Lipinski definition) is 0. The average Bonchev–Trinajstić information content (AvgIpc) is 2.32. The quantitative estimate of drug-likeness (QED) is 0.570. The molecule has 0 heterocycles. The van der Waals surface area contributed by atoms with E-state index in [0.29, 0.717) is 12.0 Å². The topological polar surface area (TPSA) is 43.4 Å². The number of halogens is 2. The maximum absolute atomic E-state index is 13.5. The molecule has 0 bridgehead atoms. The second-order valence-electron chi connectivity index (χ2n) is 4.71. The van der Waals surface area contributed by atoms with Crippen molar-refractivity contribution in [3.05, 3.63) is 23.8 Å². The first kappa shape index (κ1) is 15.5. The van der Waals surface area contributed by atoms with Gasteiger partial charge in [-0.05, 0) is 31.8 Å². The van der Waals surface area contributed by atoms with Crippen LogP contribution in [0.5, 0.6) is 0 Å². The summed E-state index contributed by atoms with van der Waals surface area (Å²) in [5.41, 5.74) is 0.872.